The van der Waals surface area contributed by atoms with Crippen LogP contribution in [-0.2, 0) is 20.4 Å². The molecule has 2 unspecified atom stereocenters. The summed E-state index contributed by atoms with van der Waals surface area (Å²) in [6, 6.07) is 0. The lowest BCUT2D eigenvalue weighted by atomic mass is 10.2. The Balaban J connectivity index is 3.74. The van der Waals surface area contributed by atoms with Gasteiger partial charge in [0.25, 0.3) is 0 Å². The number of hydrogen-bond donors (Lipinski definition) is 2. The predicted molar refractivity (Wildman–Crippen MR) is 48.5 cm³/mol. The van der Waals surface area contributed by atoms with Crippen LogP contribution in [0.3, 0.4) is 0 Å². The Bertz CT molecular complexity index is 229. The van der Waals surface area contributed by atoms with Crippen molar-refractivity contribution in [3.63, 3.8) is 0 Å². The lowest BCUT2D eigenvalue weighted by Crippen LogP contribution is -2.21. The van der Waals surface area contributed by atoms with Crippen molar-refractivity contribution >= 4 is 22.7 Å². The third kappa shape index (κ3) is 6.27. The number of hydrogen-bond acceptors (Lipinski definition) is 3. The van der Waals surface area contributed by atoms with Gasteiger partial charge in [0.15, 0.2) is 0 Å². The highest BCUT2D eigenvalue weighted by Crippen LogP contribution is 1.99. The van der Waals surface area contributed by atoms with Gasteiger partial charge in [0.1, 0.15) is 0 Å². The summed E-state index contributed by atoms with van der Waals surface area (Å²) in [6.07, 6.45) is 0.0406. The summed E-state index contributed by atoms with van der Waals surface area (Å²) in [5, 5.41) is 8.48. The molecule has 1 amide bonds. The van der Waals surface area contributed by atoms with Crippen LogP contribution in [0.4, 0.5) is 0 Å². The van der Waals surface area contributed by atoms with Gasteiger partial charge in [0.05, 0.1) is 5.92 Å². The maximum absolute atomic E-state index is 11.1. The van der Waals surface area contributed by atoms with E-state index in [0.717, 1.165) is 0 Å². The summed E-state index contributed by atoms with van der Waals surface area (Å²) in [4.78, 5) is 20.6. The monoisotopic (exact) mass is 207 g/mol. The van der Waals surface area contributed by atoms with Gasteiger partial charge in [-0.25, -0.2) is 0 Å². The Hall–Kier alpha value is -0.910. The largest absolute Gasteiger partial charge is 0.481 e. The molecule has 0 fully saturated rings. The Morgan fingerprint density at radius 3 is 2.46 bits per heavy atom. The maximum atomic E-state index is 11.1. The molecule has 0 radical (unpaired) electrons. The first kappa shape index (κ1) is 12.1. The molecule has 0 saturated heterocycles. The van der Waals surface area contributed by atoms with Crippen LogP contribution >= 0.6 is 0 Å². The molecule has 0 aromatic carbocycles. The van der Waals surface area contributed by atoms with Crippen molar-refractivity contribution in [1.29, 1.82) is 0 Å². The molecule has 76 valence electrons. The topological polar surface area (TPSA) is 97.5 Å². The molecule has 13 heavy (non-hydrogen) atoms. The molecule has 0 spiro atoms. The van der Waals surface area contributed by atoms with E-state index in [2.05, 4.69) is 0 Å². The molecule has 2 atom stereocenters. The number of carbonyl (C=O) groups excluding carboxylic acids is 1. The van der Waals surface area contributed by atoms with Crippen molar-refractivity contribution in [2.45, 2.75) is 13.3 Å². The Labute approximate surface area is 78.8 Å². The molecule has 0 aliphatic heterocycles. The van der Waals surface area contributed by atoms with Gasteiger partial charge >= 0.3 is 5.97 Å². The van der Waals surface area contributed by atoms with Crippen LogP contribution < -0.4 is 5.73 Å². The van der Waals surface area contributed by atoms with Crippen molar-refractivity contribution < 1.29 is 18.9 Å². The third-order valence-electron chi connectivity index (χ3n) is 1.43. The van der Waals surface area contributed by atoms with E-state index in [1.165, 1.54) is 6.92 Å². The van der Waals surface area contributed by atoms with E-state index in [1.807, 2.05) is 0 Å². The van der Waals surface area contributed by atoms with Crippen LogP contribution in [0, 0.1) is 5.92 Å². The second-order valence-corrected chi connectivity index (χ2v) is 4.39. The molecule has 0 aromatic rings. The molecule has 0 bridgehead atoms. The lowest BCUT2D eigenvalue weighted by molar-refractivity contribution is -0.140. The summed E-state index contributed by atoms with van der Waals surface area (Å²) in [5.74, 6) is -1.92. The molecule has 0 aliphatic rings. The number of aliphatic carboxylic acids is 1. The zero-order valence-corrected chi connectivity index (χ0v) is 8.17. The fraction of sp³-hybridized carbons (Fsp3) is 0.714. The number of primary amides is 1. The van der Waals surface area contributed by atoms with Crippen LogP contribution in [0.5, 0.6) is 0 Å². The zero-order valence-electron chi connectivity index (χ0n) is 7.36. The predicted octanol–water partition coefficient (Wildman–Crippen LogP) is -0.669. The highest BCUT2D eigenvalue weighted by Gasteiger charge is 2.14. The van der Waals surface area contributed by atoms with E-state index >= 15 is 0 Å². The van der Waals surface area contributed by atoms with Crippen molar-refractivity contribution in [2.24, 2.45) is 11.7 Å². The first-order valence-electron chi connectivity index (χ1n) is 3.79. The van der Waals surface area contributed by atoms with Gasteiger partial charge in [-0.15, -0.1) is 0 Å². The summed E-state index contributed by atoms with van der Waals surface area (Å²) >= 11 is 0. The third-order valence-corrected chi connectivity index (χ3v) is 2.96. The van der Waals surface area contributed by atoms with Crippen LogP contribution in [0.25, 0.3) is 0 Å². The summed E-state index contributed by atoms with van der Waals surface area (Å²) < 4.78 is 11.1. The number of amides is 1. The quantitative estimate of drug-likeness (QED) is 0.603. The summed E-state index contributed by atoms with van der Waals surface area (Å²) in [6.45, 7) is 1.48. The standard InChI is InChI=1S/C7H13NO4S/c1-5(7(10)11)4-13(12)3-2-6(8)9/h5H,2-4H2,1H3,(H2,8,9)(H,10,11). The minimum absolute atomic E-state index is 0.0406. The van der Waals surface area contributed by atoms with Gasteiger partial charge in [-0.05, 0) is 0 Å². The normalized spacial score (nSPS) is 14.8. The molecule has 0 rings (SSSR count). The molecule has 3 N–H and O–H groups in total. The van der Waals surface area contributed by atoms with E-state index in [1.54, 1.807) is 0 Å². The first-order valence-corrected chi connectivity index (χ1v) is 5.28. The molecular formula is C7H13NO4S. The molecule has 5 nitrogen and oxygen atoms in total. The van der Waals surface area contributed by atoms with Gasteiger partial charge in [-0.3, -0.25) is 13.8 Å². The van der Waals surface area contributed by atoms with Crippen LogP contribution in [0.1, 0.15) is 13.3 Å². The Morgan fingerprint density at radius 2 is 2.08 bits per heavy atom. The number of nitrogens with two attached hydrogens (primary N) is 1. The molecule has 0 aliphatic carbocycles. The fourth-order valence-electron chi connectivity index (χ4n) is 0.648. The van der Waals surface area contributed by atoms with Gasteiger partial charge in [-0.2, -0.15) is 0 Å². The summed E-state index contributed by atoms with van der Waals surface area (Å²) in [5.41, 5.74) is 4.84. The average Bonchev–Trinajstić information content (AvgIpc) is 2.00. The lowest BCUT2D eigenvalue weighted by Gasteiger charge is -2.04. The van der Waals surface area contributed by atoms with Crippen molar-refractivity contribution in [1.82, 2.24) is 0 Å². The van der Waals surface area contributed by atoms with E-state index in [-0.39, 0.29) is 17.9 Å². The molecule has 0 saturated carbocycles. The number of rotatable bonds is 6. The minimum atomic E-state index is -1.27. The van der Waals surface area contributed by atoms with Crippen LogP contribution in [0.2, 0.25) is 0 Å². The molecule has 0 heterocycles. The Kier molecular flexibility index (Phi) is 5.29. The minimum Gasteiger partial charge on any atom is -0.481 e. The van der Waals surface area contributed by atoms with Crippen LogP contribution in [0.15, 0.2) is 0 Å². The van der Waals surface area contributed by atoms with E-state index < -0.39 is 28.6 Å². The molecule has 6 heteroatoms. The van der Waals surface area contributed by atoms with Gasteiger partial charge in [0, 0.05) is 28.7 Å². The number of carboxylic acid groups (broad SMARTS) is 1. The van der Waals surface area contributed by atoms with E-state index in [9.17, 15) is 13.8 Å². The fourth-order valence-corrected chi connectivity index (χ4v) is 1.94. The number of carbonyl (C=O) groups is 2. The van der Waals surface area contributed by atoms with Gasteiger partial charge in [-0.1, -0.05) is 6.92 Å². The van der Waals surface area contributed by atoms with Crippen molar-refractivity contribution in [3.8, 4) is 0 Å². The van der Waals surface area contributed by atoms with E-state index in [0.29, 0.717) is 0 Å². The second kappa shape index (κ2) is 5.69. The second-order valence-electron chi connectivity index (χ2n) is 2.77. The van der Waals surface area contributed by atoms with E-state index in [4.69, 9.17) is 10.8 Å². The summed E-state index contributed by atoms with van der Waals surface area (Å²) in [7, 11) is -1.27. The van der Waals surface area contributed by atoms with Gasteiger partial charge in [0.2, 0.25) is 5.91 Å². The Morgan fingerprint density at radius 1 is 1.54 bits per heavy atom. The highest BCUT2D eigenvalue weighted by atomic mass is 32.2. The SMILES string of the molecule is CC(CS(=O)CCC(N)=O)C(=O)O. The van der Waals surface area contributed by atoms with Gasteiger partial charge < -0.3 is 10.8 Å². The molecule has 0 aromatic heterocycles. The highest BCUT2D eigenvalue weighted by molar-refractivity contribution is 7.85. The maximum Gasteiger partial charge on any atom is 0.307 e. The smallest absolute Gasteiger partial charge is 0.307 e. The number of carboxylic acids is 1. The van der Waals surface area contributed by atoms with Crippen molar-refractivity contribution in [2.75, 3.05) is 11.5 Å². The molecular weight excluding hydrogens is 194 g/mol. The average molecular weight is 207 g/mol. The first-order chi connectivity index (χ1) is 5.93. The zero-order chi connectivity index (χ0) is 10.4. The van der Waals surface area contributed by atoms with Crippen LogP contribution in [-0.4, -0.2) is 32.7 Å². The van der Waals surface area contributed by atoms with Crippen molar-refractivity contribution in [3.05, 3.63) is 0 Å².